The van der Waals surface area contributed by atoms with Crippen LogP contribution in [0.3, 0.4) is 0 Å². The lowest BCUT2D eigenvalue weighted by Crippen LogP contribution is -2.34. The van der Waals surface area contributed by atoms with E-state index in [9.17, 15) is 12.8 Å². The highest BCUT2D eigenvalue weighted by Crippen LogP contribution is 2.25. The van der Waals surface area contributed by atoms with Gasteiger partial charge < -0.3 is 10.5 Å². The van der Waals surface area contributed by atoms with Gasteiger partial charge in [-0.15, -0.1) is 0 Å². The van der Waals surface area contributed by atoms with Gasteiger partial charge in [-0.25, -0.2) is 12.8 Å². The molecule has 1 aliphatic rings. The molecule has 0 saturated carbocycles. The predicted molar refractivity (Wildman–Crippen MR) is 69.7 cm³/mol. The number of nitrogens with zero attached hydrogens (tertiary/aromatic N) is 1. The fraction of sp³-hybridized carbons (Fsp3) is 0.500. The fourth-order valence-electron chi connectivity index (χ4n) is 2.05. The SMILES string of the molecule is Cc1cc(N)cc(S(=O)(=O)N2CCCOCC2)c1F. The minimum atomic E-state index is -3.86. The minimum absolute atomic E-state index is 0.227. The molecular weight excluding hydrogens is 271 g/mol. The number of sulfonamides is 1. The Morgan fingerprint density at radius 2 is 2.05 bits per heavy atom. The second-order valence-electron chi connectivity index (χ2n) is 4.52. The van der Waals surface area contributed by atoms with Crippen molar-refractivity contribution in [2.24, 2.45) is 0 Å². The van der Waals surface area contributed by atoms with E-state index in [0.717, 1.165) is 0 Å². The molecule has 0 radical (unpaired) electrons. The summed E-state index contributed by atoms with van der Waals surface area (Å²) in [5.74, 6) is -0.737. The molecule has 1 saturated heterocycles. The predicted octanol–water partition coefficient (Wildman–Crippen LogP) is 1.13. The van der Waals surface area contributed by atoms with Crippen LogP contribution in [0.4, 0.5) is 10.1 Å². The third-order valence-corrected chi connectivity index (χ3v) is 4.94. The molecule has 106 valence electrons. The molecule has 1 aliphatic heterocycles. The van der Waals surface area contributed by atoms with Crippen LogP contribution in [0.15, 0.2) is 17.0 Å². The lowest BCUT2D eigenvalue weighted by molar-refractivity contribution is 0.148. The molecule has 1 heterocycles. The maximum Gasteiger partial charge on any atom is 0.246 e. The Bertz CT molecular complexity index is 567. The number of hydrogen-bond donors (Lipinski definition) is 1. The summed E-state index contributed by atoms with van der Waals surface area (Å²) in [5, 5.41) is 0. The average molecular weight is 288 g/mol. The van der Waals surface area contributed by atoms with E-state index in [1.165, 1.54) is 23.4 Å². The van der Waals surface area contributed by atoms with E-state index >= 15 is 0 Å². The normalized spacial score (nSPS) is 18.2. The number of hydrogen-bond acceptors (Lipinski definition) is 4. The summed E-state index contributed by atoms with van der Waals surface area (Å²) < 4.78 is 45.4. The number of rotatable bonds is 2. The molecule has 1 fully saturated rings. The number of ether oxygens (including phenoxy) is 1. The van der Waals surface area contributed by atoms with Gasteiger partial charge in [-0.05, 0) is 31.0 Å². The molecule has 7 heteroatoms. The van der Waals surface area contributed by atoms with Gasteiger partial charge in [0.2, 0.25) is 10.0 Å². The van der Waals surface area contributed by atoms with Crippen molar-refractivity contribution in [2.45, 2.75) is 18.2 Å². The quantitative estimate of drug-likeness (QED) is 0.828. The second-order valence-corrected chi connectivity index (χ2v) is 6.43. The lowest BCUT2D eigenvalue weighted by atomic mass is 10.2. The fourth-order valence-corrected chi connectivity index (χ4v) is 3.69. The first-order chi connectivity index (χ1) is 8.93. The Balaban J connectivity index is 2.44. The summed E-state index contributed by atoms with van der Waals surface area (Å²) in [5.41, 5.74) is 6.08. The second kappa shape index (κ2) is 5.44. The summed E-state index contributed by atoms with van der Waals surface area (Å²) >= 11 is 0. The van der Waals surface area contributed by atoms with Crippen LogP contribution in [-0.4, -0.2) is 39.0 Å². The Morgan fingerprint density at radius 1 is 1.32 bits per heavy atom. The van der Waals surface area contributed by atoms with Crippen LogP contribution in [0.1, 0.15) is 12.0 Å². The summed E-state index contributed by atoms with van der Waals surface area (Å²) in [4.78, 5) is -0.355. The van der Waals surface area contributed by atoms with Crippen LogP contribution in [0.5, 0.6) is 0 Å². The first-order valence-corrected chi connectivity index (χ1v) is 7.50. The van der Waals surface area contributed by atoms with Crippen molar-refractivity contribution in [1.82, 2.24) is 4.31 Å². The van der Waals surface area contributed by atoms with E-state index in [-0.39, 0.29) is 22.7 Å². The highest BCUT2D eigenvalue weighted by molar-refractivity contribution is 7.89. The molecule has 0 unspecified atom stereocenters. The van der Waals surface area contributed by atoms with E-state index in [2.05, 4.69) is 0 Å². The standard InChI is InChI=1S/C12H17FN2O3S/c1-9-7-10(14)8-11(12(9)13)19(16,17)15-3-2-5-18-6-4-15/h7-8H,2-6,14H2,1H3. The molecular formula is C12H17FN2O3S. The van der Waals surface area contributed by atoms with E-state index in [0.29, 0.717) is 26.2 Å². The van der Waals surface area contributed by atoms with Crippen LogP contribution in [0.2, 0.25) is 0 Å². The van der Waals surface area contributed by atoms with E-state index in [4.69, 9.17) is 10.5 Å². The lowest BCUT2D eigenvalue weighted by Gasteiger charge is -2.20. The monoisotopic (exact) mass is 288 g/mol. The Kier molecular flexibility index (Phi) is 4.07. The third kappa shape index (κ3) is 2.88. The third-order valence-electron chi connectivity index (χ3n) is 3.04. The van der Waals surface area contributed by atoms with Crippen molar-refractivity contribution in [3.05, 3.63) is 23.5 Å². The average Bonchev–Trinajstić information content (AvgIpc) is 2.62. The molecule has 0 spiro atoms. The van der Waals surface area contributed by atoms with Crippen molar-refractivity contribution in [3.8, 4) is 0 Å². The summed E-state index contributed by atoms with van der Waals surface area (Å²) in [6, 6.07) is 2.59. The number of halogens is 1. The van der Waals surface area contributed by atoms with Crippen molar-refractivity contribution in [3.63, 3.8) is 0 Å². The number of aryl methyl sites for hydroxylation is 1. The topological polar surface area (TPSA) is 72.6 Å². The first kappa shape index (κ1) is 14.2. The molecule has 2 rings (SSSR count). The highest BCUT2D eigenvalue weighted by atomic mass is 32.2. The Labute approximate surface area is 112 Å². The highest BCUT2D eigenvalue weighted by Gasteiger charge is 2.29. The molecule has 19 heavy (non-hydrogen) atoms. The number of nitrogen functional groups attached to an aromatic ring is 1. The van der Waals surface area contributed by atoms with E-state index in [1.54, 1.807) is 0 Å². The Morgan fingerprint density at radius 3 is 2.79 bits per heavy atom. The van der Waals surface area contributed by atoms with Crippen molar-refractivity contribution >= 4 is 15.7 Å². The summed E-state index contributed by atoms with van der Waals surface area (Å²) in [7, 11) is -3.86. The zero-order valence-electron chi connectivity index (χ0n) is 10.7. The maximum atomic E-state index is 14.0. The largest absolute Gasteiger partial charge is 0.399 e. The summed E-state index contributed by atoms with van der Waals surface area (Å²) in [6.45, 7) is 2.90. The van der Waals surface area contributed by atoms with Gasteiger partial charge in [0, 0.05) is 25.4 Å². The van der Waals surface area contributed by atoms with E-state index in [1.807, 2.05) is 0 Å². The molecule has 5 nitrogen and oxygen atoms in total. The number of anilines is 1. The number of nitrogens with two attached hydrogens (primary N) is 1. The maximum absolute atomic E-state index is 14.0. The van der Waals surface area contributed by atoms with Crippen molar-refractivity contribution in [2.75, 3.05) is 32.0 Å². The van der Waals surface area contributed by atoms with Crippen molar-refractivity contribution in [1.29, 1.82) is 0 Å². The molecule has 1 aromatic rings. The van der Waals surface area contributed by atoms with Crippen LogP contribution < -0.4 is 5.73 Å². The van der Waals surface area contributed by atoms with Gasteiger partial charge in [0.25, 0.3) is 0 Å². The van der Waals surface area contributed by atoms with Crippen molar-refractivity contribution < 1.29 is 17.5 Å². The van der Waals surface area contributed by atoms with Crippen LogP contribution in [0, 0.1) is 12.7 Å². The molecule has 0 aromatic heterocycles. The van der Waals surface area contributed by atoms with Gasteiger partial charge in [-0.3, -0.25) is 0 Å². The van der Waals surface area contributed by atoms with Gasteiger partial charge in [-0.1, -0.05) is 0 Å². The minimum Gasteiger partial charge on any atom is -0.399 e. The molecule has 0 atom stereocenters. The van der Waals surface area contributed by atoms with Crippen LogP contribution in [-0.2, 0) is 14.8 Å². The zero-order chi connectivity index (χ0) is 14.0. The summed E-state index contributed by atoms with van der Waals surface area (Å²) in [6.07, 6.45) is 0.599. The van der Waals surface area contributed by atoms with Gasteiger partial charge in [0.1, 0.15) is 10.7 Å². The van der Waals surface area contributed by atoms with Crippen LogP contribution >= 0.6 is 0 Å². The van der Waals surface area contributed by atoms with E-state index < -0.39 is 15.8 Å². The molecule has 0 amide bonds. The van der Waals surface area contributed by atoms with Gasteiger partial charge >= 0.3 is 0 Å². The van der Waals surface area contributed by atoms with Gasteiger partial charge in [0.05, 0.1) is 6.61 Å². The van der Waals surface area contributed by atoms with Crippen LogP contribution in [0.25, 0.3) is 0 Å². The Hall–Kier alpha value is -1.18. The molecule has 2 N–H and O–H groups in total. The number of benzene rings is 1. The first-order valence-electron chi connectivity index (χ1n) is 6.06. The molecule has 1 aromatic carbocycles. The smallest absolute Gasteiger partial charge is 0.246 e. The van der Waals surface area contributed by atoms with Gasteiger partial charge in [0.15, 0.2) is 0 Å². The molecule has 0 bridgehead atoms. The zero-order valence-corrected chi connectivity index (χ0v) is 11.5. The van der Waals surface area contributed by atoms with Gasteiger partial charge in [-0.2, -0.15) is 4.31 Å². The molecule has 0 aliphatic carbocycles.